The maximum atomic E-state index is 11.5. The predicted molar refractivity (Wildman–Crippen MR) is 61.9 cm³/mol. The summed E-state index contributed by atoms with van der Waals surface area (Å²) in [5, 5.41) is 5.97. The third-order valence-electron chi connectivity index (χ3n) is 2.08. The first-order valence-electron chi connectivity index (χ1n) is 4.90. The molecule has 1 amide bonds. The van der Waals surface area contributed by atoms with Crippen LogP contribution in [0.3, 0.4) is 0 Å². The Balaban J connectivity index is 2.76. The van der Waals surface area contributed by atoms with E-state index in [4.69, 9.17) is 0 Å². The van der Waals surface area contributed by atoms with Crippen LogP contribution in [0.5, 0.6) is 0 Å². The molecular weight excluding hydrogens is 194 g/mol. The number of nitrogens with one attached hydrogen (secondary N) is 1. The molecule has 0 atom stereocenters. The molecule has 1 N–H and O–H groups in total. The van der Waals surface area contributed by atoms with Crippen molar-refractivity contribution in [3.05, 3.63) is 17.0 Å². The van der Waals surface area contributed by atoms with Crippen LogP contribution in [0.2, 0.25) is 0 Å². The van der Waals surface area contributed by atoms with Crippen LogP contribution in [0.25, 0.3) is 0 Å². The zero-order valence-corrected chi connectivity index (χ0v) is 9.94. The summed E-state index contributed by atoms with van der Waals surface area (Å²) in [5.74, 6) is 0.593. The molecule has 0 aliphatic rings. The van der Waals surface area contributed by atoms with Gasteiger partial charge in [-0.2, -0.15) is 0 Å². The number of carbonyl (C=O) groups is 1. The number of carbonyl (C=O) groups excluding carboxylic acids is 1. The van der Waals surface area contributed by atoms with Gasteiger partial charge in [0.05, 0.1) is 5.00 Å². The number of amides is 1. The lowest BCUT2D eigenvalue weighted by atomic mass is 10.1. The van der Waals surface area contributed by atoms with Crippen LogP contribution in [0.4, 0.5) is 5.00 Å². The largest absolute Gasteiger partial charge is 0.317 e. The van der Waals surface area contributed by atoms with Crippen LogP contribution in [-0.2, 0) is 4.79 Å². The molecule has 14 heavy (non-hydrogen) atoms. The van der Waals surface area contributed by atoms with E-state index >= 15 is 0 Å². The van der Waals surface area contributed by atoms with Crippen molar-refractivity contribution >= 4 is 22.2 Å². The van der Waals surface area contributed by atoms with Gasteiger partial charge in [0.25, 0.3) is 0 Å². The van der Waals surface area contributed by atoms with Gasteiger partial charge in [-0.25, -0.2) is 0 Å². The highest BCUT2D eigenvalue weighted by Gasteiger charge is 2.12. The monoisotopic (exact) mass is 211 g/mol. The lowest BCUT2D eigenvalue weighted by Gasteiger charge is -2.10. The Hall–Kier alpha value is -0.830. The van der Waals surface area contributed by atoms with E-state index in [2.05, 4.69) is 25.2 Å². The molecule has 0 saturated heterocycles. The van der Waals surface area contributed by atoms with Crippen molar-refractivity contribution in [3.8, 4) is 0 Å². The highest BCUT2D eigenvalue weighted by atomic mass is 32.1. The molecule has 0 fully saturated rings. The Bertz CT molecular complexity index is 315. The van der Waals surface area contributed by atoms with Gasteiger partial charge in [-0.1, -0.05) is 27.7 Å². The minimum Gasteiger partial charge on any atom is -0.317 e. The Morgan fingerprint density at radius 1 is 1.36 bits per heavy atom. The van der Waals surface area contributed by atoms with Crippen LogP contribution in [0, 0.1) is 5.92 Å². The van der Waals surface area contributed by atoms with Crippen molar-refractivity contribution in [2.45, 2.75) is 33.6 Å². The van der Waals surface area contributed by atoms with Gasteiger partial charge in [-0.05, 0) is 22.9 Å². The van der Waals surface area contributed by atoms with Gasteiger partial charge >= 0.3 is 0 Å². The van der Waals surface area contributed by atoms with Gasteiger partial charge in [0.2, 0.25) is 5.91 Å². The molecule has 78 valence electrons. The van der Waals surface area contributed by atoms with Gasteiger partial charge in [0, 0.05) is 5.92 Å². The van der Waals surface area contributed by atoms with E-state index in [0.717, 1.165) is 5.00 Å². The lowest BCUT2D eigenvalue weighted by Crippen LogP contribution is -2.17. The third-order valence-corrected chi connectivity index (χ3v) is 2.92. The highest BCUT2D eigenvalue weighted by Crippen LogP contribution is 2.29. The zero-order valence-electron chi connectivity index (χ0n) is 9.13. The number of hydrogen-bond donors (Lipinski definition) is 1. The first-order valence-corrected chi connectivity index (χ1v) is 5.78. The van der Waals surface area contributed by atoms with E-state index in [1.54, 1.807) is 11.3 Å². The average Bonchev–Trinajstić information content (AvgIpc) is 2.52. The molecule has 3 heteroatoms. The van der Waals surface area contributed by atoms with Gasteiger partial charge in [-0.3, -0.25) is 4.79 Å². The van der Waals surface area contributed by atoms with E-state index < -0.39 is 0 Å². The Labute approximate surface area is 89.3 Å². The number of hydrogen-bond acceptors (Lipinski definition) is 2. The first kappa shape index (κ1) is 11.2. The summed E-state index contributed by atoms with van der Waals surface area (Å²) < 4.78 is 0. The van der Waals surface area contributed by atoms with Crippen LogP contribution >= 0.6 is 11.3 Å². The standard InChI is InChI=1S/C11H17NOS/c1-7(2)9-5-6-14-11(9)12-10(13)8(3)4/h5-8H,1-4H3,(H,12,13). The molecule has 2 nitrogen and oxygen atoms in total. The van der Waals surface area contributed by atoms with E-state index in [-0.39, 0.29) is 11.8 Å². The van der Waals surface area contributed by atoms with Crippen molar-refractivity contribution in [3.63, 3.8) is 0 Å². The van der Waals surface area contributed by atoms with Crippen LogP contribution in [0.1, 0.15) is 39.2 Å². The second-order valence-electron chi connectivity index (χ2n) is 4.00. The normalized spacial score (nSPS) is 11.0. The Morgan fingerprint density at radius 3 is 2.50 bits per heavy atom. The minimum atomic E-state index is 0.0390. The summed E-state index contributed by atoms with van der Waals surface area (Å²) >= 11 is 1.59. The van der Waals surface area contributed by atoms with Crippen LogP contribution in [-0.4, -0.2) is 5.91 Å². The van der Waals surface area contributed by atoms with E-state index in [0.29, 0.717) is 5.92 Å². The Kier molecular flexibility index (Phi) is 3.69. The van der Waals surface area contributed by atoms with Crippen molar-refractivity contribution < 1.29 is 4.79 Å². The summed E-state index contributed by atoms with van der Waals surface area (Å²) in [6.45, 7) is 8.07. The van der Waals surface area contributed by atoms with Gasteiger partial charge in [0.1, 0.15) is 0 Å². The minimum absolute atomic E-state index is 0.0390. The summed E-state index contributed by atoms with van der Waals surface area (Å²) in [6, 6.07) is 2.07. The van der Waals surface area contributed by atoms with Crippen molar-refractivity contribution in [1.82, 2.24) is 0 Å². The maximum Gasteiger partial charge on any atom is 0.227 e. The quantitative estimate of drug-likeness (QED) is 0.815. The van der Waals surface area contributed by atoms with Crippen molar-refractivity contribution in [1.29, 1.82) is 0 Å². The molecular formula is C11H17NOS. The molecule has 0 unspecified atom stereocenters. The average molecular weight is 211 g/mol. The fourth-order valence-corrected chi connectivity index (χ4v) is 2.08. The summed E-state index contributed by atoms with van der Waals surface area (Å²) in [4.78, 5) is 11.5. The summed E-state index contributed by atoms with van der Waals surface area (Å²) in [6.07, 6.45) is 0. The molecule has 1 rings (SSSR count). The number of rotatable bonds is 3. The fraction of sp³-hybridized carbons (Fsp3) is 0.545. The summed E-state index contributed by atoms with van der Waals surface area (Å²) in [7, 11) is 0. The lowest BCUT2D eigenvalue weighted by molar-refractivity contribution is -0.118. The smallest absolute Gasteiger partial charge is 0.227 e. The Morgan fingerprint density at radius 2 is 2.00 bits per heavy atom. The molecule has 1 aromatic heterocycles. The van der Waals surface area contributed by atoms with Crippen LogP contribution < -0.4 is 5.32 Å². The van der Waals surface area contributed by atoms with Gasteiger partial charge in [0.15, 0.2) is 0 Å². The molecule has 0 saturated carbocycles. The van der Waals surface area contributed by atoms with Crippen molar-refractivity contribution in [2.24, 2.45) is 5.92 Å². The fourth-order valence-electron chi connectivity index (χ4n) is 1.13. The molecule has 1 aromatic rings. The van der Waals surface area contributed by atoms with Gasteiger partial charge in [-0.15, -0.1) is 11.3 Å². The second kappa shape index (κ2) is 4.60. The second-order valence-corrected chi connectivity index (χ2v) is 4.92. The molecule has 0 spiro atoms. The molecule has 0 bridgehead atoms. The van der Waals surface area contributed by atoms with Gasteiger partial charge < -0.3 is 5.32 Å². The first-order chi connectivity index (χ1) is 6.52. The zero-order chi connectivity index (χ0) is 10.7. The highest BCUT2D eigenvalue weighted by molar-refractivity contribution is 7.14. The molecule has 0 radical (unpaired) electrons. The van der Waals surface area contributed by atoms with Crippen LogP contribution in [0.15, 0.2) is 11.4 Å². The third kappa shape index (κ3) is 2.58. The molecule has 0 aliphatic carbocycles. The number of anilines is 1. The number of thiophene rings is 1. The molecule has 1 heterocycles. The van der Waals surface area contributed by atoms with E-state index in [1.165, 1.54) is 5.56 Å². The van der Waals surface area contributed by atoms with E-state index in [9.17, 15) is 4.79 Å². The predicted octanol–water partition coefficient (Wildman–Crippen LogP) is 3.47. The topological polar surface area (TPSA) is 29.1 Å². The van der Waals surface area contributed by atoms with E-state index in [1.807, 2.05) is 19.2 Å². The SMILES string of the molecule is CC(C)C(=O)Nc1sccc1C(C)C. The molecule has 0 aromatic carbocycles. The van der Waals surface area contributed by atoms with Crippen molar-refractivity contribution in [2.75, 3.05) is 5.32 Å². The maximum absolute atomic E-state index is 11.5. The molecule has 0 aliphatic heterocycles. The summed E-state index contributed by atoms with van der Waals surface area (Å²) in [5.41, 5.74) is 1.23.